The van der Waals surface area contributed by atoms with Crippen LogP contribution in [-0.2, 0) is 26.6 Å². The van der Waals surface area contributed by atoms with Crippen molar-refractivity contribution >= 4 is 21.9 Å². The molecule has 1 aliphatic rings. The van der Waals surface area contributed by atoms with Crippen LogP contribution in [0, 0.1) is 19.8 Å². The number of hydrogen-bond acceptors (Lipinski definition) is 6. The van der Waals surface area contributed by atoms with Gasteiger partial charge in [0.25, 0.3) is 0 Å². The Hall–Kier alpha value is -2.72. The van der Waals surface area contributed by atoms with E-state index in [0.29, 0.717) is 18.4 Å². The van der Waals surface area contributed by atoms with Gasteiger partial charge in [-0.15, -0.1) is 0 Å². The zero-order valence-electron chi connectivity index (χ0n) is 19.8. The van der Waals surface area contributed by atoms with Crippen LogP contribution < -0.4 is 5.32 Å². The molecular formula is C23H32N4O5S. The summed E-state index contributed by atoms with van der Waals surface area (Å²) in [5, 5.41) is 7.48. The Labute approximate surface area is 195 Å². The number of nitrogens with zero attached hydrogens (tertiary/aromatic N) is 3. The molecule has 10 heteroatoms. The highest BCUT2D eigenvalue weighted by Crippen LogP contribution is 2.26. The second kappa shape index (κ2) is 10.0. The lowest BCUT2D eigenvalue weighted by Gasteiger charge is -2.31. The molecule has 1 amide bonds. The molecule has 33 heavy (non-hydrogen) atoms. The van der Waals surface area contributed by atoms with Crippen molar-refractivity contribution in [3.8, 4) is 0 Å². The van der Waals surface area contributed by atoms with E-state index in [0.717, 1.165) is 17.0 Å². The summed E-state index contributed by atoms with van der Waals surface area (Å²) in [5.74, 6) is -0.803. The van der Waals surface area contributed by atoms with Crippen molar-refractivity contribution in [3.05, 3.63) is 46.8 Å². The summed E-state index contributed by atoms with van der Waals surface area (Å²) >= 11 is 0. The standard InChI is InChI=1S/C23H32N4O5S/c1-6-32-23(29)19-7-9-20(10-8-19)33(30,31)27-13-11-18(12-14-27)22(28)24-15(2)21-16(3)25-26(5)17(21)4/h7-10,15,18H,6,11-14H2,1-5H3,(H,24,28). The smallest absolute Gasteiger partial charge is 0.338 e. The van der Waals surface area contributed by atoms with E-state index in [2.05, 4.69) is 10.4 Å². The second-order valence-electron chi connectivity index (χ2n) is 8.36. The largest absolute Gasteiger partial charge is 0.462 e. The van der Waals surface area contributed by atoms with E-state index in [-0.39, 0.29) is 42.5 Å². The SMILES string of the molecule is CCOC(=O)c1ccc(S(=O)(=O)N2CCC(C(=O)NC(C)c3c(C)nn(C)c3C)CC2)cc1. The highest BCUT2D eigenvalue weighted by Gasteiger charge is 2.33. The zero-order chi connectivity index (χ0) is 24.3. The van der Waals surface area contributed by atoms with E-state index in [1.54, 1.807) is 11.6 Å². The summed E-state index contributed by atoms with van der Waals surface area (Å²) in [6.45, 7) is 8.32. The molecule has 0 aliphatic carbocycles. The van der Waals surface area contributed by atoms with Crippen molar-refractivity contribution in [1.29, 1.82) is 0 Å². The lowest BCUT2D eigenvalue weighted by Crippen LogP contribution is -2.43. The average molecular weight is 477 g/mol. The average Bonchev–Trinajstić information content (AvgIpc) is 3.05. The maximum atomic E-state index is 13.0. The van der Waals surface area contributed by atoms with Gasteiger partial charge in [-0.25, -0.2) is 13.2 Å². The molecule has 1 fully saturated rings. The molecule has 2 heterocycles. The topological polar surface area (TPSA) is 111 Å². The van der Waals surface area contributed by atoms with E-state index in [1.807, 2.05) is 27.8 Å². The predicted molar refractivity (Wildman–Crippen MR) is 123 cm³/mol. The van der Waals surface area contributed by atoms with Gasteiger partial charge in [0.05, 0.1) is 28.8 Å². The molecule has 0 saturated carbocycles. The first-order valence-corrected chi connectivity index (χ1v) is 12.6. The summed E-state index contributed by atoms with van der Waals surface area (Å²) in [7, 11) is -1.83. The van der Waals surface area contributed by atoms with Gasteiger partial charge in [0, 0.05) is 37.3 Å². The van der Waals surface area contributed by atoms with Gasteiger partial charge >= 0.3 is 5.97 Å². The number of nitrogens with one attached hydrogen (secondary N) is 1. The van der Waals surface area contributed by atoms with Gasteiger partial charge in [0.2, 0.25) is 15.9 Å². The van der Waals surface area contributed by atoms with Crippen LogP contribution in [0.15, 0.2) is 29.2 Å². The summed E-state index contributed by atoms with van der Waals surface area (Å²) in [5.41, 5.74) is 3.21. The number of esters is 1. The number of amides is 1. The molecule has 1 aromatic carbocycles. The number of hydrogen-bond donors (Lipinski definition) is 1. The fraction of sp³-hybridized carbons (Fsp3) is 0.522. The second-order valence-corrected chi connectivity index (χ2v) is 10.3. The van der Waals surface area contributed by atoms with Crippen LogP contribution >= 0.6 is 0 Å². The minimum absolute atomic E-state index is 0.0685. The Morgan fingerprint density at radius 3 is 2.30 bits per heavy atom. The number of carbonyl (C=O) groups is 2. The molecule has 1 aromatic heterocycles. The molecule has 1 aliphatic heterocycles. The molecule has 3 rings (SSSR count). The minimum atomic E-state index is -3.70. The molecular weight excluding hydrogens is 444 g/mol. The van der Waals surface area contributed by atoms with Crippen molar-refractivity contribution in [1.82, 2.24) is 19.4 Å². The fourth-order valence-corrected chi connectivity index (χ4v) is 5.77. The normalized spacial score (nSPS) is 16.4. The maximum absolute atomic E-state index is 13.0. The lowest BCUT2D eigenvalue weighted by atomic mass is 9.96. The third kappa shape index (κ3) is 5.27. The maximum Gasteiger partial charge on any atom is 0.338 e. The molecule has 2 aromatic rings. The van der Waals surface area contributed by atoms with Gasteiger partial charge in [-0.1, -0.05) is 0 Å². The minimum Gasteiger partial charge on any atom is -0.462 e. The number of piperidine rings is 1. The van der Waals surface area contributed by atoms with Crippen LogP contribution in [0.4, 0.5) is 0 Å². The number of ether oxygens (including phenoxy) is 1. The third-order valence-electron chi connectivity index (χ3n) is 6.18. The number of carbonyl (C=O) groups excluding carboxylic acids is 2. The van der Waals surface area contributed by atoms with Crippen molar-refractivity contribution < 1.29 is 22.7 Å². The summed E-state index contributed by atoms with van der Waals surface area (Å²) in [6.07, 6.45) is 0.896. The van der Waals surface area contributed by atoms with Gasteiger partial charge in [-0.2, -0.15) is 9.40 Å². The number of aromatic nitrogens is 2. The van der Waals surface area contributed by atoms with E-state index >= 15 is 0 Å². The van der Waals surface area contributed by atoms with Crippen molar-refractivity contribution in [2.45, 2.75) is 51.5 Å². The molecule has 1 unspecified atom stereocenters. The summed E-state index contributed by atoms with van der Waals surface area (Å²) in [4.78, 5) is 24.8. The molecule has 0 bridgehead atoms. The molecule has 180 valence electrons. The van der Waals surface area contributed by atoms with E-state index < -0.39 is 16.0 Å². The van der Waals surface area contributed by atoms with Crippen LogP contribution in [0.25, 0.3) is 0 Å². The molecule has 1 saturated heterocycles. The van der Waals surface area contributed by atoms with Crippen LogP contribution in [0.5, 0.6) is 0 Å². The Bertz CT molecular complexity index is 1120. The van der Waals surface area contributed by atoms with Gasteiger partial charge in [0.1, 0.15) is 0 Å². The van der Waals surface area contributed by atoms with Gasteiger partial charge in [0.15, 0.2) is 0 Å². The van der Waals surface area contributed by atoms with Gasteiger partial charge < -0.3 is 10.1 Å². The predicted octanol–water partition coefficient (Wildman–Crippen LogP) is 2.49. The first-order chi connectivity index (χ1) is 15.6. The highest BCUT2D eigenvalue weighted by molar-refractivity contribution is 7.89. The van der Waals surface area contributed by atoms with E-state index in [1.165, 1.54) is 28.6 Å². The molecule has 0 radical (unpaired) electrons. The van der Waals surface area contributed by atoms with E-state index in [4.69, 9.17) is 4.74 Å². The molecule has 0 spiro atoms. The van der Waals surface area contributed by atoms with Gasteiger partial charge in [-0.05, 0) is 64.8 Å². The number of aryl methyl sites for hydroxylation is 2. The molecule has 1 N–H and O–H groups in total. The monoisotopic (exact) mass is 476 g/mol. The fourth-order valence-electron chi connectivity index (χ4n) is 4.30. The van der Waals surface area contributed by atoms with Crippen LogP contribution in [0.2, 0.25) is 0 Å². The van der Waals surface area contributed by atoms with Crippen molar-refractivity contribution in [3.63, 3.8) is 0 Å². The Kier molecular flexibility index (Phi) is 7.58. The highest BCUT2D eigenvalue weighted by atomic mass is 32.2. The van der Waals surface area contributed by atoms with Crippen molar-refractivity contribution in [2.75, 3.05) is 19.7 Å². The number of rotatable bonds is 7. The first kappa shape index (κ1) is 24.9. The zero-order valence-corrected chi connectivity index (χ0v) is 20.6. The number of sulfonamides is 1. The van der Waals surface area contributed by atoms with Crippen LogP contribution in [0.1, 0.15) is 60.0 Å². The lowest BCUT2D eigenvalue weighted by molar-refractivity contribution is -0.126. The summed E-state index contributed by atoms with van der Waals surface area (Å²) < 4.78 is 34.2. The quantitative estimate of drug-likeness (QED) is 0.615. The van der Waals surface area contributed by atoms with Crippen LogP contribution in [-0.4, -0.2) is 54.1 Å². The van der Waals surface area contributed by atoms with Gasteiger partial charge in [-0.3, -0.25) is 9.48 Å². The molecule has 1 atom stereocenters. The Morgan fingerprint density at radius 2 is 1.79 bits per heavy atom. The van der Waals surface area contributed by atoms with Crippen LogP contribution in [0.3, 0.4) is 0 Å². The number of benzene rings is 1. The third-order valence-corrected chi connectivity index (χ3v) is 8.10. The Morgan fingerprint density at radius 1 is 1.18 bits per heavy atom. The molecule has 9 nitrogen and oxygen atoms in total. The Balaban J connectivity index is 1.60. The summed E-state index contributed by atoms with van der Waals surface area (Å²) in [6, 6.07) is 5.57. The van der Waals surface area contributed by atoms with Crippen molar-refractivity contribution in [2.24, 2.45) is 13.0 Å². The van der Waals surface area contributed by atoms with E-state index in [9.17, 15) is 18.0 Å². The first-order valence-electron chi connectivity index (χ1n) is 11.1.